The third kappa shape index (κ3) is 1.16. The molecule has 4 nitrogen and oxygen atoms in total. The zero-order valence-corrected chi connectivity index (χ0v) is 11.0. The molecule has 0 saturated carbocycles. The third-order valence-corrected chi connectivity index (χ3v) is 4.40. The van der Waals surface area contributed by atoms with Crippen molar-refractivity contribution in [3.05, 3.63) is 74.6 Å². The van der Waals surface area contributed by atoms with Crippen LogP contribution in [-0.4, -0.2) is 9.38 Å². The molecule has 21 heavy (non-hydrogen) atoms. The van der Waals surface area contributed by atoms with Crippen molar-refractivity contribution in [3.63, 3.8) is 0 Å². The third-order valence-electron chi connectivity index (χ3n) is 4.40. The van der Waals surface area contributed by atoms with Gasteiger partial charge in [-0.3, -0.25) is 14.2 Å². The Morgan fingerprint density at radius 1 is 0.952 bits per heavy atom. The van der Waals surface area contributed by atoms with E-state index >= 15 is 0 Å². The number of para-hydroxylation sites is 1. The minimum Gasteiger partial charge on any atom is -0.273 e. The molecule has 0 atom stereocenters. The molecule has 0 amide bonds. The van der Waals surface area contributed by atoms with Crippen LogP contribution in [0.4, 0.5) is 0 Å². The highest BCUT2D eigenvalue weighted by molar-refractivity contribution is 6.07. The van der Waals surface area contributed by atoms with Crippen LogP contribution < -0.4 is 11.2 Å². The van der Waals surface area contributed by atoms with Gasteiger partial charge < -0.3 is 0 Å². The molecule has 1 aliphatic carbocycles. The van der Waals surface area contributed by atoms with Gasteiger partial charge in [0.2, 0.25) is 0 Å². The van der Waals surface area contributed by atoms with Gasteiger partial charge in [0.1, 0.15) is 0 Å². The average Bonchev–Trinajstić information content (AvgIpc) is 3.00. The summed E-state index contributed by atoms with van der Waals surface area (Å²) >= 11 is 0. The average molecular weight is 274 g/mol. The van der Waals surface area contributed by atoms with E-state index in [1.54, 1.807) is 10.5 Å². The molecule has 2 aromatic carbocycles. The molecule has 0 bridgehead atoms. The second-order valence-electron chi connectivity index (χ2n) is 5.45. The topological polar surface area (TPSA) is 54.3 Å². The highest BCUT2D eigenvalue weighted by Gasteiger charge is 2.27. The van der Waals surface area contributed by atoms with Gasteiger partial charge in [-0.05, 0) is 17.2 Å². The lowest BCUT2D eigenvalue weighted by Gasteiger charge is -2.03. The molecule has 0 fully saturated rings. The number of nitrogens with zero attached hydrogens (tertiary/aromatic N) is 1. The van der Waals surface area contributed by atoms with Gasteiger partial charge in [0.15, 0.2) is 0 Å². The van der Waals surface area contributed by atoms with E-state index in [2.05, 4.69) is 17.1 Å². The summed E-state index contributed by atoms with van der Waals surface area (Å²) in [6.45, 7) is 0. The van der Waals surface area contributed by atoms with Crippen LogP contribution in [0.1, 0.15) is 11.3 Å². The molecule has 2 aromatic heterocycles. The van der Waals surface area contributed by atoms with Gasteiger partial charge in [-0.15, -0.1) is 0 Å². The Morgan fingerprint density at radius 2 is 1.76 bits per heavy atom. The Hall–Kier alpha value is -2.88. The molecule has 1 N–H and O–H groups in total. The molecule has 5 rings (SSSR count). The van der Waals surface area contributed by atoms with E-state index in [-0.39, 0.29) is 11.2 Å². The number of H-pyrrole nitrogens is 1. The minimum atomic E-state index is -0.349. The van der Waals surface area contributed by atoms with Gasteiger partial charge in [0.25, 0.3) is 5.56 Å². The number of hydrogen-bond acceptors (Lipinski definition) is 2. The standard InChI is InChI=1S/C17H10N2O2/c20-16-12-7-3-6-11-14-10-5-2-1-4-9(10)8-13(14)19(15(11)12)17(21)18-16/h1-7H,8H2,(H,18,20,21). The fourth-order valence-electron chi connectivity index (χ4n) is 3.58. The normalized spacial score (nSPS) is 13.0. The first kappa shape index (κ1) is 10.9. The summed E-state index contributed by atoms with van der Waals surface area (Å²) in [5, 5.41) is 1.55. The quantitative estimate of drug-likeness (QED) is 0.470. The second-order valence-corrected chi connectivity index (χ2v) is 5.45. The van der Waals surface area contributed by atoms with Gasteiger partial charge in [0.05, 0.1) is 10.9 Å². The maximum absolute atomic E-state index is 12.3. The fraction of sp³-hybridized carbons (Fsp3) is 0.0588. The van der Waals surface area contributed by atoms with Crippen LogP contribution in [0.5, 0.6) is 0 Å². The minimum absolute atomic E-state index is 0.317. The van der Waals surface area contributed by atoms with E-state index in [1.165, 1.54) is 5.56 Å². The first-order chi connectivity index (χ1) is 10.3. The second kappa shape index (κ2) is 3.41. The van der Waals surface area contributed by atoms with Crippen LogP contribution in [0, 0.1) is 0 Å². The maximum Gasteiger partial charge on any atom is 0.333 e. The number of benzene rings is 2. The van der Waals surface area contributed by atoms with Crippen molar-refractivity contribution in [2.75, 3.05) is 0 Å². The van der Waals surface area contributed by atoms with E-state index in [0.29, 0.717) is 5.39 Å². The van der Waals surface area contributed by atoms with E-state index in [0.717, 1.165) is 34.1 Å². The Morgan fingerprint density at radius 3 is 2.67 bits per heavy atom. The van der Waals surface area contributed by atoms with Gasteiger partial charge in [-0.2, -0.15) is 0 Å². The zero-order chi connectivity index (χ0) is 14.1. The Balaban J connectivity index is 2.14. The van der Waals surface area contributed by atoms with Crippen LogP contribution in [0.3, 0.4) is 0 Å². The summed E-state index contributed by atoms with van der Waals surface area (Å²) in [5.41, 5.74) is 4.53. The number of fused-ring (bicyclic) bond motifs is 5. The Bertz CT molecular complexity index is 1150. The van der Waals surface area contributed by atoms with Crippen LogP contribution in [-0.2, 0) is 6.42 Å². The van der Waals surface area contributed by atoms with Crippen molar-refractivity contribution < 1.29 is 0 Å². The van der Waals surface area contributed by atoms with E-state index in [1.807, 2.05) is 24.3 Å². The molecular formula is C17H10N2O2. The Labute approximate surface area is 118 Å². The van der Waals surface area contributed by atoms with Crippen molar-refractivity contribution in [1.82, 2.24) is 9.38 Å². The molecule has 100 valence electrons. The lowest BCUT2D eigenvalue weighted by atomic mass is 10.0. The van der Waals surface area contributed by atoms with Crippen molar-refractivity contribution >= 4 is 16.3 Å². The van der Waals surface area contributed by atoms with Gasteiger partial charge in [-0.25, -0.2) is 4.79 Å². The largest absolute Gasteiger partial charge is 0.333 e. The number of aromatic nitrogens is 2. The molecule has 1 aliphatic rings. The SMILES string of the molecule is O=c1[nH]c(=O)n2c3c(c4cccc1c42)-c1ccccc1C3. The molecule has 0 unspecified atom stereocenters. The van der Waals surface area contributed by atoms with Gasteiger partial charge >= 0.3 is 5.69 Å². The summed E-state index contributed by atoms with van der Waals surface area (Å²) in [4.78, 5) is 26.7. The van der Waals surface area contributed by atoms with Crippen molar-refractivity contribution in [3.8, 4) is 11.1 Å². The van der Waals surface area contributed by atoms with E-state index in [9.17, 15) is 9.59 Å². The number of hydrogen-bond donors (Lipinski definition) is 1. The summed E-state index contributed by atoms with van der Waals surface area (Å²) in [6.07, 6.45) is 0.723. The molecule has 0 radical (unpaired) electrons. The number of nitrogens with one attached hydrogen (secondary N) is 1. The zero-order valence-electron chi connectivity index (χ0n) is 11.0. The van der Waals surface area contributed by atoms with E-state index in [4.69, 9.17) is 0 Å². The molecule has 4 aromatic rings. The predicted molar refractivity (Wildman–Crippen MR) is 81.2 cm³/mol. The molecule has 0 aliphatic heterocycles. The predicted octanol–water partition coefficient (Wildman–Crippen LogP) is 2.15. The fourth-order valence-corrected chi connectivity index (χ4v) is 3.58. The first-order valence-electron chi connectivity index (χ1n) is 6.86. The molecular weight excluding hydrogens is 264 g/mol. The molecule has 2 heterocycles. The first-order valence-corrected chi connectivity index (χ1v) is 6.86. The van der Waals surface area contributed by atoms with Gasteiger partial charge in [0, 0.05) is 23.1 Å². The summed E-state index contributed by atoms with van der Waals surface area (Å²) in [7, 11) is 0. The Kier molecular flexibility index (Phi) is 1.76. The smallest absolute Gasteiger partial charge is 0.273 e. The maximum atomic E-state index is 12.3. The van der Waals surface area contributed by atoms with Crippen LogP contribution in [0.15, 0.2) is 52.1 Å². The van der Waals surface area contributed by atoms with Crippen LogP contribution in [0.25, 0.3) is 27.4 Å². The summed E-state index contributed by atoms with van der Waals surface area (Å²) in [5.74, 6) is 0. The van der Waals surface area contributed by atoms with Gasteiger partial charge in [-0.1, -0.05) is 36.4 Å². The molecule has 0 spiro atoms. The monoisotopic (exact) mass is 274 g/mol. The van der Waals surface area contributed by atoms with Crippen LogP contribution >= 0.6 is 0 Å². The lowest BCUT2D eigenvalue weighted by molar-refractivity contribution is 0.940. The van der Waals surface area contributed by atoms with Crippen molar-refractivity contribution in [2.24, 2.45) is 0 Å². The highest BCUT2D eigenvalue weighted by Crippen LogP contribution is 2.42. The highest BCUT2D eigenvalue weighted by atomic mass is 16.2. The van der Waals surface area contributed by atoms with Crippen LogP contribution in [0.2, 0.25) is 0 Å². The lowest BCUT2D eigenvalue weighted by Crippen LogP contribution is -2.26. The van der Waals surface area contributed by atoms with Crippen molar-refractivity contribution in [2.45, 2.75) is 6.42 Å². The summed E-state index contributed by atoms with van der Waals surface area (Å²) < 4.78 is 1.67. The van der Waals surface area contributed by atoms with E-state index < -0.39 is 0 Å². The molecule has 4 heteroatoms. The molecule has 0 saturated heterocycles. The number of rotatable bonds is 0. The van der Waals surface area contributed by atoms with Crippen molar-refractivity contribution in [1.29, 1.82) is 0 Å². The summed E-state index contributed by atoms with van der Waals surface area (Å²) in [6, 6.07) is 13.8. The number of aromatic amines is 1.